The van der Waals surface area contributed by atoms with E-state index < -0.39 is 65.9 Å². The molecule has 6 bridgehead atoms. The van der Waals surface area contributed by atoms with E-state index >= 15 is 0 Å². The van der Waals surface area contributed by atoms with Gasteiger partial charge in [-0.05, 0) is 84.3 Å². The number of phenolic OH excluding ortho intramolecular Hbond substituents is 1. The van der Waals surface area contributed by atoms with Crippen LogP contribution in [0.25, 0.3) is 33.3 Å². The van der Waals surface area contributed by atoms with E-state index in [0.717, 1.165) is 33.3 Å². The highest BCUT2D eigenvalue weighted by Gasteiger charge is 2.47. The lowest BCUT2D eigenvalue weighted by Crippen LogP contribution is -2.62. The lowest BCUT2D eigenvalue weighted by atomic mass is 9.67. The number of fused-ring (bicyclic) bond motifs is 8. The maximum absolute atomic E-state index is 14.4. The van der Waals surface area contributed by atoms with Crippen LogP contribution in [0.5, 0.6) is 5.75 Å². The number of cyclic esters (lactones) is 1. The van der Waals surface area contributed by atoms with E-state index in [1.807, 2.05) is 44.2 Å². The fourth-order valence-electron chi connectivity index (χ4n) is 9.08. The van der Waals surface area contributed by atoms with Crippen molar-refractivity contribution in [2.24, 2.45) is 11.3 Å². The third kappa shape index (κ3) is 7.26. The molecule has 1 aliphatic carbocycles. The van der Waals surface area contributed by atoms with Gasteiger partial charge in [-0.25, -0.2) is 5.43 Å². The Kier molecular flexibility index (Phi) is 10.9. The Hall–Kier alpha value is -5.31. The number of aliphatic hydroxyl groups excluding tert-OH is 2. The summed E-state index contributed by atoms with van der Waals surface area (Å²) in [6, 6.07) is 11.9. The maximum atomic E-state index is 14.4. The number of amides is 3. The molecule has 4 heterocycles. The van der Waals surface area contributed by atoms with Gasteiger partial charge in [0.25, 0.3) is 5.91 Å². The smallest absolute Gasteiger partial charge is 0.324 e. The SMILES string of the molecule is CCn1c2c3c4cc(ccc41)-c1cc(O)cc(c1)C[C@H](NC(=O)[C@H](C(C)C)N(C)C(=O)CO)C(=O)N1CCC[C@H](N1)C(=O)OCC(C)(C)C3[C@H](O)c1ncccc1-2. The number of esters is 1. The number of carbonyl (C=O) groups excluding carboxylic acids is 4. The van der Waals surface area contributed by atoms with E-state index in [-0.39, 0.29) is 31.2 Å². The first-order valence-electron chi connectivity index (χ1n) is 19.7. The minimum Gasteiger partial charge on any atom is -0.508 e. The summed E-state index contributed by atoms with van der Waals surface area (Å²) in [4.78, 5) is 60.6. The Bertz CT molecular complexity index is 2230. The zero-order valence-corrected chi connectivity index (χ0v) is 33.3. The minimum atomic E-state index is -1.17. The summed E-state index contributed by atoms with van der Waals surface area (Å²) in [5.74, 6) is -3.23. The van der Waals surface area contributed by atoms with E-state index in [9.17, 15) is 34.5 Å². The summed E-state index contributed by atoms with van der Waals surface area (Å²) in [5, 5.41) is 38.0. The van der Waals surface area contributed by atoms with Gasteiger partial charge in [-0.1, -0.05) is 39.8 Å². The Labute approximate surface area is 331 Å². The summed E-state index contributed by atoms with van der Waals surface area (Å²) in [5.41, 5.74) is 8.48. The number of aliphatic hydroxyl groups is 2. The number of rotatable bonds is 6. The Morgan fingerprint density at radius 2 is 1.89 bits per heavy atom. The van der Waals surface area contributed by atoms with Crippen molar-refractivity contribution in [3.8, 4) is 28.1 Å². The van der Waals surface area contributed by atoms with E-state index in [1.54, 1.807) is 32.2 Å². The summed E-state index contributed by atoms with van der Waals surface area (Å²) in [7, 11) is 1.43. The first-order valence-corrected chi connectivity index (χ1v) is 19.7. The van der Waals surface area contributed by atoms with Gasteiger partial charge in [-0.2, -0.15) is 0 Å². The van der Waals surface area contributed by atoms with Gasteiger partial charge >= 0.3 is 5.97 Å². The molecule has 0 saturated carbocycles. The first kappa shape index (κ1) is 39.9. The van der Waals surface area contributed by atoms with Crippen LogP contribution in [0.3, 0.4) is 0 Å². The van der Waals surface area contributed by atoms with Gasteiger partial charge in [0, 0.05) is 60.6 Å². The Morgan fingerprint density at radius 3 is 2.61 bits per heavy atom. The van der Waals surface area contributed by atoms with Gasteiger partial charge in [0.05, 0.1) is 18.0 Å². The molecule has 57 heavy (non-hydrogen) atoms. The number of hydrogen-bond donors (Lipinski definition) is 5. The summed E-state index contributed by atoms with van der Waals surface area (Å²) in [6.45, 7) is 9.62. The first-order chi connectivity index (χ1) is 27.1. The lowest BCUT2D eigenvalue weighted by molar-refractivity contribution is -0.156. The number of aromatic hydroxyl groups is 1. The quantitative estimate of drug-likeness (QED) is 0.180. The van der Waals surface area contributed by atoms with Crippen LogP contribution in [0, 0.1) is 11.3 Å². The monoisotopic (exact) mass is 780 g/mol. The Morgan fingerprint density at radius 1 is 1.12 bits per heavy atom. The number of hydrogen-bond acceptors (Lipinski definition) is 10. The lowest BCUT2D eigenvalue weighted by Gasteiger charge is -2.41. The molecule has 7 rings (SSSR count). The average Bonchev–Trinajstić information content (AvgIpc) is 3.51. The van der Waals surface area contributed by atoms with E-state index in [2.05, 4.69) is 33.3 Å². The van der Waals surface area contributed by atoms with Crippen LogP contribution in [0.2, 0.25) is 0 Å². The highest BCUT2D eigenvalue weighted by molar-refractivity contribution is 5.97. The van der Waals surface area contributed by atoms with E-state index in [1.165, 1.54) is 17.0 Å². The molecule has 14 heteroatoms. The molecular weight excluding hydrogens is 729 g/mol. The minimum absolute atomic E-state index is 0.0299. The predicted molar refractivity (Wildman–Crippen MR) is 212 cm³/mol. The number of carbonyl (C=O) groups is 4. The summed E-state index contributed by atoms with van der Waals surface area (Å²) < 4.78 is 8.29. The van der Waals surface area contributed by atoms with Gasteiger partial charge in [0.2, 0.25) is 11.8 Å². The van der Waals surface area contributed by atoms with Crippen LogP contribution in [0.1, 0.15) is 76.3 Å². The van der Waals surface area contributed by atoms with Crippen LogP contribution in [-0.4, -0.2) is 103 Å². The summed E-state index contributed by atoms with van der Waals surface area (Å²) in [6.07, 6.45) is 1.52. The molecule has 2 aliphatic heterocycles. The van der Waals surface area contributed by atoms with Crippen LogP contribution < -0.4 is 10.7 Å². The van der Waals surface area contributed by atoms with E-state index in [4.69, 9.17) is 4.74 Å². The number of likely N-dealkylation sites (N-methyl/N-ethyl adjacent to an activating group) is 1. The number of ether oxygens (including phenoxy) is 1. The van der Waals surface area contributed by atoms with Crippen molar-refractivity contribution < 1.29 is 39.2 Å². The fourth-order valence-corrected chi connectivity index (χ4v) is 9.08. The van der Waals surface area contributed by atoms with Crippen LogP contribution >= 0.6 is 0 Å². The number of nitrogens with zero attached hydrogens (tertiary/aromatic N) is 4. The largest absolute Gasteiger partial charge is 0.508 e. The number of pyridine rings is 1. The third-order valence-corrected chi connectivity index (χ3v) is 11.8. The molecule has 14 nitrogen and oxygen atoms in total. The number of hydrazine groups is 1. The molecule has 4 aromatic rings. The van der Waals surface area contributed by atoms with Crippen molar-refractivity contribution >= 4 is 34.6 Å². The second-order valence-electron chi connectivity index (χ2n) is 16.5. The topological polar surface area (TPSA) is 187 Å². The number of aromatic nitrogens is 2. The highest BCUT2D eigenvalue weighted by Crippen LogP contribution is 2.56. The standard InChI is InChI=1S/C43H52N6O8/c1-7-48-32-13-12-25-20-29(32)34-35(39(53)36-28(38(34)48)10-8-14-44-36)43(4,5)22-57-42(56)30-11-9-15-49(46-30)41(55)31(18-24-16-26(25)19-27(51)17-24)45-40(54)37(23(2)3)47(6)33(52)21-50/h8,10,12-14,16-17,19-20,23,30-31,35,37,39,46,50-51,53H,7,9,11,15,18,21-22H2,1-6H3,(H,45,54)/t30-,31-,35?,37-,39-/m0/s1. The molecule has 3 amide bonds. The molecule has 302 valence electrons. The molecule has 5 atom stereocenters. The molecule has 0 spiro atoms. The Balaban J connectivity index is 1.39. The van der Waals surface area contributed by atoms with Gasteiger partial charge in [0.15, 0.2) is 0 Å². The normalized spacial score (nSPS) is 22.4. The van der Waals surface area contributed by atoms with Gasteiger partial charge < -0.3 is 34.8 Å². The molecule has 2 aromatic heterocycles. The number of phenols is 1. The molecule has 3 aliphatic rings. The van der Waals surface area contributed by atoms with Gasteiger partial charge in [0.1, 0.15) is 36.6 Å². The molecule has 5 N–H and O–H groups in total. The fraction of sp³-hybridized carbons (Fsp3) is 0.465. The molecular formula is C43H52N6O8. The van der Waals surface area contributed by atoms with Crippen molar-refractivity contribution in [2.75, 3.05) is 26.8 Å². The molecule has 2 aromatic carbocycles. The average molecular weight is 781 g/mol. The van der Waals surface area contributed by atoms with E-state index in [0.29, 0.717) is 36.2 Å². The highest BCUT2D eigenvalue weighted by atomic mass is 16.5. The molecule has 0 radical (unpaired) electrons. The zero-order valence-electron chi connectivity index (χ0n) is 33.3. The van der Waals surface area contributed by atoms with Gasteiger partial charge in [-0.15, -0.1) is 0 Å². The summed E-state index contributed by atoms with van der Waals surface area (Å²) >= 11 is 0. The predicted octanol–water partition coefficient (Wildman–Crippen LogP) is 3.81. The van der Waals surface area contributed by atoms with Crippen LogP contribution in [0.4, 0.5) is 0 Å². The number of benzene rings is 2. The molecule has 1 unspecified atom stereocenters. The van der Waals surface area contributed by atoms with Crippen LogP contribution in [0.15, 0.2) is 54.7 Å². The van der Waals surface area contributed by atoms with Crippen molar-refractivity contribution in [1.29, 1.82) is 0 Å². The van der Waals surface area contributed by atoms with Crippen molar-refractivity contribution in [1.82, 2.24) is 30.2 Å². The van der Waals surface area contributed by atoms with Gasteiger partial charge in [-0.3, -0.25) is 29.2 Å². The molecule has 1 saturated heterocycles. The zero-order chi connectivity index (χ0) is 40.9. The number of aryl methyl sites for hydroxylation is 1. The maximum Gasteiger partial charge on any atom is 0.324 e. The third-order valence-electron chi connectivity index (χ3n) is 11.8. The molecule has 1 fully saturated rings. The number of nitrogens with one attached hydrogen (secondary N) is 2. The second kappa shape index (κ2) is 15.6. The van der Waals surface area contributed by atoms with Crippen molar-refractivity contribution in [3.63, 3.8) is 0 Å². The van der Waals surface area contributed by atoms with Crippen LogP contribution in [-0.2, 0) is 36.9 Å². The van der Waals surface area contributed by atoms with Crippen molar-refractivity contribution in [2.45, 2.75) is 90.6 Å². The van der Waals surface area contributed by atoms with Crippen molar-refractivity contribution in [3.05, 3.63) is 71.5 Å². The second-order valence-corrected chi connectivity index (χ2v) is 16.5.